The van der Waals surface area contributed by atoms with Crippen LogP contribution in [0.15, 0.2) is 24.3 Å². The third-order valence-electron chi connectivity index (χ3n) is 2.67. The van der Waals surface area contributed by atoms with Crippen molar-refractivity contribution in [3.63, 3.8) is 0 Å². The topological polar surface area (TPSA) is 47.6 Å². The lowest BCUT2D eigenvalue weighted by molar-refractivity contribution is 0.0267. The van der Waals surface area contributed by atoms with Crippen LogP contribution >= 0.6 is 0 Å². The van der Waals surface area contributed by atoms with E-state index in [1.54, 1.807) is 6.07 Å². The number of hydrogen-bond donors (Lipinski definition) is 1. The molecule has 1 fully saturated rings. The van der Waals surface area contributed by atoms with Gasteiger partial charge in [-0.05, 0) is 19.1 Å². The molecule has 1 aliphatic heterocycles. The highest BCUT2D eigenvalue weighted by molar-refractivity contribution is 6.02. The normalized spacial score (nSPS) is 19.9. The van der Waals surface area contributed by atoms with E-state index in [-0.39, 0.29) is 5.78 Å². The van der Waals surface area contributed by atoms with Crippen LogP contribution in [0.2, 0.25) is 0 Å². The monoisotopic (exact) mass is 235 g/mol. The molecule has 0 amide bonds. The summed E-state index contributed by atoms with van der Waals surface area (Å²) in [5.74, 6) is 0.621. The number of nitrogens with one attached hydrogen (secondary N) is 1. The van der Waals surface area contributed by atoms with Gasteiger partial charge in [-0.15, -0.1) is 0 Å². The maximum absolute atomic E-state index is 12.3. The lowest BCUT2D eigenvalue weighted by Crippen LogP contribution is -2.43. The van der Waals surface area contributed by atoms with Crippen LogP contribution in [-0.4, -0.2) is 38.2 Å². The highest BCUT2D eigenvalue weighted by Gasteiger charge is 2.25. The molecule has 17 heavy (non-hydrogen) atoms. The molecule has 0 saturated carbocycles. The summed E-state index contributed by atoms with van der Waals surface area (Å²) < 4.78 is 10.9. The van der Waals surface area contributed by atoms with Crippen molar-refractivity contribution in [1.29, 1.82) is 0 Å². The van der Waals surface area contributed by atoms with Gasteiger partial charge in [-0.25, -0.2) is 0 Å². The minimum absolute atomic E-state index is 0.0127. The minimum atomic E-state index is -0.398. The van der Waals surface area contributed by atoms with Gasteiger partial charge in [-0.3, -0.25) is 4.79 Å². The van der Waals surface area contributed by atoms with Crippen molar-refractivity contribution < 1.29 is 14.3 Å². The van der Waals surface area contributed by atoms with Crippen LogP contribution in [0.3, 0.4) is 0 Å². The Hall–Kier alpha value is -1.39. The van der Waals surface area contributed by atoms with E-state index in [1.807, 2.05) is 25.1 Å². The van der Waals surface area contributed by atoms with Crippen LogP contribution in [0.25, 0.3) is 0 Å². The number of carbonyl (C=O) groups excluding carboxylic acids is 1. The average Bonchev–Trinajstić information content (AvgIpc) is 2.40. The first-order valence-corrected chi connectivity index (χ1v) is 5.91. The van der Waals surface area contributed by atoms with Crippen LogP contribution in [0.5, 0.6) is 5.75 Å². The fourth-order valence-corrected chi connectivity index (χ4v) is 1.86. The molecule has 1 atom stereocenters. The molecule has 1 aromatic rings. The number of morpholine rings is 1. The highest BCUT2D eigenvalue weighted by Crippen LogP contribution is 2.20. The number of para-hydroxylation sites is 1. The Labute approximate surface area is 101 Å². The second-order valence-electron chi connectivity index (χ2n) is 3.86. The van der Waals surface area contributed by atoms with Crippen molar-refractivity contribution >= 4 is 5.78 Å². The molecular weight excluding hydrogens is 218 g/mol. The second kappa shape index (κ2) is 5.80. The lowest BCUT2D eigenvalue weighted by Gasteiger charge is -2.23. The molecule has 1 saturated heterocycles. The van der Waals surface area contributed by atoms with Gasteiger partial charge in [0.25, 0.3) is 0 Å². The molecule has 4 nitrogen and oxygen atoms in total. The van der Waals surface area contributed by atoms with E-state index in [2.05, 4.69) is 5.32 Å². The summed E-state index contributed by atoms with van der Waals surface area (Å²) in [5, 5.41) is 3.15. The summed E-state index contributed by atoms with van der Waals surface area (Å²) in [6, 6.07) is 7.30. The van der Waals surface area contributed by atoms with E-state index in [4.69, 9.17) is 9.47 Å². The zero-order valence-electron chi connectivity index (χ0n) is 9.94. The molecule has 0 radical (unpaired) electrons. The van der Waals surface area contributed by atoms with Crippen molar-refractivity contribution in [3.8, 4) is 5.75 Å². The number of carbonyl (C=O) groups is 1. The van der Waals surface area contributed by atoms with Gasteiger partial charge in [0.2, 0.25) is 0 Å². The number of Topliss-reactive ketones (excluding diaryl/α,β-unsaturated/α-hetero) is 1. The van der Waals surface area contributed by atoms with Crippen molar-refractivity contribution in [2.24, 2.45) is 0 Å². The average molecular weight is 235 g/mol. The molecule has 0 bridgehead atoms. The van der Waals surface area contributed by atoms with Crippen LogP contribution in [0.1, 0.15) is 17.3 Å². The second-order valence-corrected chi connectivity index (χ2v) is 3.86. The Balaban J connectivity index is 2.17. The molecule has 1 aromatic carbocycles. The molecule has 92 valence electrons. The number of hydrogen-bond acceptors (Lipinski definition) is 4. The lowest BCUT2D eigenvalue weighted by atomic mass is 10.0. The Bertz CT molecular complexity index is 386. The fraction of sp³-hybridized carbons (Fsp3) is 0.462. The molecule has 2 rings (SSSR count). The zero-order chi connectivity index (χ0) is 12.1. The molecule has 1 heterocycles. The largest absolute Gasteiger partial charge is 0.493 e. The first-order valence-electron chi connectivity index (χ1n) is 5.91. The molecule has 0 aromatic heterocycles. The Morgan fingerprint density at radius 1 is 1.53 bits per heavy atom. The Morgan fingerprint density at radius 3 is 3.06 bits per heavy atom. The van der Waals surface area contributed by atoms with Crippen LogP contribution in [0.4, 0.5) is 0 Å². The third-order valence-corrected chi connectivity index (χ3v) is 2.67. The van der Waals surface area contributed by atoms with Crippen LogP contribution in [0, 0.1) is 0 Å². The van der Waals surface area contributed by atoms with Gasteiger partial charge in [0.1, 0.15) is 11.9 Å². The summed E-state index contributed by atoms with van der Waals surface area (Å²) >= 11 is 0. The van der Waals surface area contributed by atoms with Gasteiger partial charge in [0.05, 0.1) is 18.8 Å². The predicted molar refractivity (Wildman–Crippen MR) is 64.6 cm³/mol. The van der Waals surface area contributed by atoms with Gasteiger partial charge in [-0.2, -0.15) is 0 Å². The van der Waals surface area contributed by atoms with Crippen molar-refractivity contribution in [1.82, 2.24) is 5.32 Å². The van der Waals surface area contributed by atoms with E-state index >= 15 is 0 Å². The van der Waals surface area contributed by atoms with Crippen molar-refractivity contribution in [2.75, 3.05) is 26.3 Å². The van der Waals surface area contributed by atoms with E-state index in [9.17, 15) is 4.79 Å². The highest BCUT2D eigenvalue weighted by atomic mass is 16.5. The van der Waals surface area contributed by atoms with Gasteiger partial charge >= 0.3 is 0 Å². The van der Waals surface area contributed by atoms with Gasteiger partial charge < -0.3 is 14.8 Å². The molecular formula is C13H17NO3. The molecule has 1 N–H and O–H groups in total. The van der Waals surface area contributed by atoms with E-state index in [0.29, 0.717) is 31.1 Å². The SMILES string of the molecule is CCOc1ccccc1C(=O)C1CNCCO1. The fourth-order valence-electron chi connectivity index (χ4n) is 1.86. The van der Waals surface area contributed by atoms with Crippen molar-refractivity contribution in [2.45, 2.75) is 13.0 Å². The van der Waals surface area contributed by atoms with Gasteiger partial charge in [-0.1, -0.05) is 12.1 Å². The number of rotatable bonds is 4. The standard InChI is InChI=1S/C13H17NO3/c1-2-16-11-6-4-3-5-10(11)13(15)12-9-14-7-8-17-12/h3-6,12,14H,2,7-9H2,1H3. The molecule has 1 unspecified atom stereocenters. The zero-order valence-corrected chi connectivity index (χ0v) is 9.94. The first-order chi connectivity index (χ1) is 8.33. The summed E-state index contributed by atoms with van der Waals surface area (Å²) in [5.41, 5.74) is 0.600. The van der Waals surface area contributed by atoms with E-state index in [1.165, 1.54) is 0 Å². The van der Waals surface area contributed by atoms with Gasteiger partial charge in [0.15, 0.2) is 5.78 Å². The maximum atomic E-state index is 12.3. The Kier molecular flexibility index (Phi) is 4.12. The maximum Gasteiger partial charge on any atom is 0.196 e. The Morgan fingerprint density at radius 2 is 2.35 bits per heavy atom. The molecule has 0 aliphatic carbocycles. The summed E-state index contributed by atoms with van der Waals surface area (Å²) in [7, 11) is 0. The van der Waals surface area contributed by atoms with Crippen molar-refractivity contribution in [3.05, 3.63) is 29.8 Å². The van der Waals surface area contributed by atoms with Crippen LogP contribution < -0.4 is 10.1 Å². The number of benzene rings is 1. The summed E-state index contributed by atoms with van der Waals surface area (Å²) in [4.78, 5) is 12.3. The number of ketones is 1. The molecule has 0 spiro atoms. The van der Waals surface area contributed by atoms with E-state index < -0.39 is 6.10 Å². The van der Waals surface area contributed by atoms with E-state index in [0.717, 1.165) is 6.54 Å². The molecule has 4 heteroatoms. The smallest absolute Gasteiger partial charge is 0.196 e. The molecule has 1 aliphatic rings. The third kappa shape index (κ3) is 2.84. The predicted octanol–water partition coefficient (Wildman–Crippen LogP) is 1.26. The quantitative estimate of drug-likeness (QED) is 0.798. The summed E-state index contributed by atoms with van der Waals surface area (Å²) in [6.45, 7) is 4.40. The minimum Gasteiger partial charge on any atom is -0.493 e. The van der Waals surface area contributed by atoms with Crippen LogP contribution in [-0.2, 0) is 4.74 Å². The first kappa shape index (κ1) is 12.1. The number of ether oxygens (including phenoxy) is 2. The summed E-state index contributed by atoms with van der Waals surface area (Å²) in [6.07, 6.45) is -0.398. The van der Waals surface area contributed by atoms with Gasteiger partial charge in [0, 0.05) is 13.1 Å².